The van der Waals surface area contributed by atoms with Crippen molar-refractivity contribution >= 4 is 27.9 Å². The quantitative estimate of drug-likeness (QED) is 0.520. The fourth-order valence-corrected chi connectivity index (χ4v) is 1.57. The van der Waals surface area contributed by atoms with Crippen LogP contribution in [0.4, 0.5) is 10.5 Å². The third kappa shape index (κ3) is 5.84. The number of hydrogen-bond acceptors (Lipinski definition) is 3. The number of nitrogens with two attached hydrogens (primary N) is 1. The van der Waals surface area contributed by atoms with Crippen molar-refractivity contribution in [1.29, 1.82) is 0 Å². The molecule has 0 unspecified atom stereocenters. The number of urea groups is 1. The van der Waals surface area contributed by atoms with Crippen LogP contribution in [0.25, 0.3) is 0 Å². The molecule has 1 aromatic rings. The largest absolute Gasteiger partial charge is 0.348 e. The van der Waals surface area contributed by atoms with Crippen LogP contribution in [0.1, 0.15) is 0 Å². The van der Waals surface area contributed by atoms with Gasteiger partial charge in [-0.15, -0.1) is 4.40 Å². The van der Waals surface area contributed by atoms with Crippen molar-refractivity contribution in [3.8, 4) is 0 Å². The van der Waals surface area contributed by atoms with E-state index in [9.17, 15) is 13.2 Å². The van der Waals surface area contributed by atoms with Crippen molar-refractivity contribution in [2.75, 3.05) is 19.4 Å². The van der Waals surface area contributed by atoms with Crippen molar-refractivity contribution in [2.24, 2.45) is 9.54 Å². The summed E-state index contributed by atoms with van der Waals surface area (Å²) in [5.74, 6) is -0.184. The average molecular weight is 285 g/mol. The topological polar surface area (TPSA) is 117 Å². The SMILES string of the molecule is CN(C)/C(=N\S(N)(=O)=O)NC(=O)Nc1ccccc1. The van der Waals surface area contributed by atoms with Crippen LogP contribution in [0.3, 0.4) is 0 Å². The predicted octanol–water partition coefficient (Wildman–Crippen LogP) is -0.0708. The van der Waals surface area contributed by atoms with Crippen LogP contribution in [0.2, 0.25) is 0 Å². The van der Waals surface area contributed by atoms with Crippen LogP contribution in [0.15, 0.2) is 34.7 Å². The molecule has 0 spiro atoms. The Morgan fingerprint density at radius 1 is 1.26 bits per heavy atom. The molecule has 0 aliphatic carbocycles. The molecule has 0 aromatic heterocycles. The summed E-state index contributed by atoms with van der Waals surface area (Å²) in [6, 6.07) is 8.05. The molecule has 1 rings (SSSR count). The lowest BCUT2D eigenvalue weighted by Crippen LogP contribution is -2.43. The molecular formula is C10H15N5O3S. The Bertz CT molecular complexity index is 568. The third-order valence-electron chi connectivity index (χ3n) is 1.89. The van der Waals surface area contributed by atoms with Gasteiger partial charge in [-0.3, -0.25) is 5.32 Å². The van der Waals surface area contributed by atoms with Gasteiger partial charge in [0.2, 0.25) is 5.96 Å². The fraction of sp³-hybridized carbons (Fsp3) is 0.200. The van der Waals surface area contributed by atoms with Crippen LogP contribution in [-0.4, -0.2) is 39.4 Å². The molecule has 104 valence electrons. The molecule has 19 heavy (non-hydrogen) atoms. The van der Waals surface area contributed by atoms with Crippen molar-refractivity contribution in [2.45, 2.75) is 0 Å². The van der Waals surface area contributed by atoms with Gasteiger partial charge in [0.05, 0.1) is 0 Å². The van der Waals surface area contributed by atoms with Gasteiger partial charge in [0, 0.05) is 19.8 Å². The first-order valence-electron chi connectivity index (χ1n) is 5.21. The zero-order valence-electron chi connectivity index (χ0n) is 10.5. The highest BCUT2D eigenvalue weighted by Gasteiger charge is 2.11. The number of guanidine groups is 1. The first-order chi connectivity index (χ1) is 8.78. The van der Waals surface area contributed by atoms with E-state index in [1.165, 1.54) is 19.0 Å². The van der Waals surface area contributed by atoms with Crippen molar-refractivity contribution in [1.82, 2.24) is 10.2 Å². The Morgan fingerprint density at radius 3 is 2.32 bits per heavy atom. The van der Waals surface area contributed by atoms with Gasteiger partial charge < -0.3 is 10.2 Å². The monoisotopic (exact) mass is 285 g/mol. The summed E-state index contributed by atoms with van der Waals surface area (Å²) in [6.45, 7) is 0. The second-order valence-electron chi connectivity index (χ2n) is 3.77. The summed E-state index contributed by atoms with van der Waals surface area (Å²) >= 11 is 0. The van der Waals surface area contributed by atoms with Crippen molar-refractivity contribution in [3.05, 3.63) is 30.3 Å². The summed E-state index contributed by atoms with van der Waals surface area (Å²) in [6.07, 6.45) is 0. The smallest absolute Gasteiger partial charge is 0.326 e. The number of hydrogen-bond donors (Lipinski definition) is 3. The van der Waals surface area contributed by atoms with Crippen LogP contribution < -0.4 is 15.8 Å². The van der Waals surface area contributed by atoms with E-state index < -0.39 is 16.2 Å². The Labute approximate surface area is 111 Å². The van der Waals surface area contributed by atoms with Crippen molar-refractivity contribution in [3.63, 3.8) is 0 Å². The minimum atomic E-state index is -4.08. The maximum Gasteiger partial charge on any atom is 0.326 e. The fourth-order valence-electron chi connectivity index (χ4n) is 1.12. The maximum atomic E-state index is 11.6. The molecule has 0 aliphatic rings. The molecule has 0 fully saturated rings. The van der Waals surface area contributed by atoms with Gasteiger partial charge in [-0.05, 0) is 12.1 Å². The molecule has 2 amide bonds. The van der Waals surface area contributed by atoms with E-state index in [4.69, 9.17) is 5.14 Å². The zero-order valence-corrected chi connectivity index (χ0v) is 11.3. The lowest BCUT2D eigenvalue weighted by molar-refractivity contribution is 0.255. The molecule has 4 N–H and O–H groups in total. The van der Waals surface area contributed by atoms with Gasteiger partial charge >= 0.3 is 16.2 Å². The van der Waals surface area contributed by atoms with Crippen LogP contribution in [0.5, 0.6) is 0 Å². The molecule has 0 saturated heterocycles. The van der Waals surface area contributed by atoms with Gasteiger partial charge in [-0.25, -0.2) is 9.93 Å². The number of anilines is 1. The van der Waals surface area contributed by atoms with Gasteiger partial charge in [-0.1, -0.05) is 18.2 Å². The highest BCUT2D eigenvalue weighted by molar-refractivity contribution is 7.88. The van der Waals surface area contributed by atoms with E-state index in [0.717, 1.165) is 0 Å². The normalized spacial score (nSPS) is 11.8. The summed E-state index contributed by atoms with van der Waals surface area (Å²) < 4.78 is 25.0. The summed E-state index contributed by atoms with van der Waals surface area (Å²) in [5, 5.41) is 9.60. The Morgan fingerprint density at radius 2 is 1.84 bits per heavy atom. The number of nitrogens with one attached hydrogen (secondary N) is 2. The Hall–Kier alpha value is -2.13. The number of para-hydroxylation sites is 1. The molecule has 0 radical (unpaired) electrons. The van der Waals surface area contributed by atoms with Gasteiger partial charge in [0.15, 0.2) is 0 Å². The zero-order chi connectivity index (χ0) is 14.5. The van der Waals surface area contributed by atoms with Crippen LogP contribution in [0, 0.1) is 0 Å². The summed E-state index contributed by atoms with van der Waals surface area (Å²) in [5.41, 5.74) is 0.564. The highest BCUT2D eigenvalue weighted by atomic mass is 32.2. The summed E-state index contributed by atoms with van der Waals surface area (Å²) in [7, 11) is -1.04. The lowest BCUT2D eigenvalue weighted by Gasteiger charge is -2.16. The molecule has 8 nitrogen and oxygen atoms in total. The van der Waals surface area contributed by atoms with Gasteiger partial charge in [-0.2, -0.15) is 8.42 Å². The number of rotatable bonds is 2. The van der Waals surface area contributed by atoms with Gasteiger partial charge in [0.25, 0.3) is 0 Å². The number of benzene rings is 1. The number of amides is 2. The Kier molecular flexibility index (Phi) is 4.84. The van der Waals surface area contributed by atoms with E-state index >= 15 is 0 Å². The van der Waals surface area contributed by atoms with Crippen molar-refractivity contribution < 1.29 is 13.2 Å². The molecule has 9 heteroatoms. The third-order valence-corrected chi connectivity index (χ3v) is 2.32. The molecule has 0 heterocycles. The second kappa shape index (κ2) is 6.16. The second-order valence-corrected chi connectivity index (χ2v) is 4.98. The minimum Gasteiger partial charge on any atom is -0.348 e. The van der Waals surface area contributed by atoms with E-state index in [0.29, 0.717) is 5.69 Å². The molecular weight excluding hydrogens is 270 g/mol. The van der Waals surface area contributed by atoms with Crippen LogP contribution in [-0.2, 0) is 10.2 Å². The van der Waals surface area contributed by atoms with E-state index in [-0.39, 0.29) is 5.96 Å². The number of carbonyl (C=O) groups excluding carboxylic acids is 1. The minimum absolute atomic E-state index is 0.184. The highest BCUT2D eigenvalue weighted by Crippen LogP contribution is 2.04. The number of carbonyl (C=O) groups is 1. The van der Waals surface area contributed by atoms with Gasteiger partial charge in [0.1, 0.15) is 0 Å². The Balaban J connectivity index is 2.76. The van der Waals surface area contributed by atoms with Crippen LogP contribution >= 0.6 is 0 Å². The molecule has 0 bridgehead atoms. The molecule has 0 aliphatic heterocycles. The maximum absolute atomic E-state index is 11.6. The molecule has 0 atom stereocenters. The lowest BCUT2D eigenvalue weighted by atomic mass is 10.3. The van der Waals surface area contributed by atoms with E-state index in [1.807, 2.05) is 0 Å². The first-order valence-corrected chi connectivity index (χ1v) is 6.71. The van der Waals surface area contributed by atoms with E-state index in [2.05, 4.69) is 15.0 Å². The molecule has 0 saturated carbocycles. The standard InChI is InChI=1S/C10H15N5O3S/c1-15(2)9(14-19(11,17)18)13-10(16)12-8-6-4-3-5-7-8/h3-7H,1-2H3,(H2,11,17,18)(H2,12,13,14,16). The first kappa shape index (κ1) is 14.9. The number of nitrogens with zero attached hydrogens (tertiary/aromatic N) is 2. The molecule has 1 aromatic carbocycles. The van der Waals surface area contributed by atoms with E-state index in [1.54, 1.807) is 30.3 Å². The average Bonchev–Trinajstić information content (AvgIpc) is 2.27. The predicted molar refractivity (Wildman–Crippen MR) is 72.8 cm³/mol. The summed E-state index contributed by atoms with van der Waals surface area (Å²) in [4.78, 5) is 13.0.